The second-order valence-corrected chi connectivity index (χ2v) is 10.1. The third kappa shape index (κ3) is 4.00. The summed E-state index contributed by atoms with van der Waals surface area (Å²) in [4.78, 5) is 4.61. The molecular formula is C19H20ClN5O3S2. The van der Waals surface area contributed by atoms with Gasteiger partial charge in [0.1, 0.15) is 5.82 Å². The van der Waals surface area contributed by atoms with E-state index in [0.717, 1.165) is 16.6 Å². The largest absolute Gasteiger partial charge is 0.379 e. The summed E-state index contributed by atoms with van der Waals surface area (Å²) in [6.45, 7) is 5.25. The second-order valence-electron chi connectivity index (χ2n) is 6.89. The maximum absolute atomic E-state index is 13.2. The van der Waals surface area contributed by atoms with Gasteiger partial charge in [0.25, 0.3) is 0 Å². The monoisotopic (exact) mass is 465 g/mol. The molecule has 4 rings (SSSR count). The number of aromatic nitrogens is 4. The molecule has 0 aliphatic rings. The van der Waals surface area contributed by atoms with E-state index in [1.54, 1.807) is 12.1 Å². The van der Waals surface area contributed by atoms with Crippen molar-refractivity contribution in [1.29, 1.82) is 0 Å². The van der Waals surface area contributed by atoms with Crippen molar-refractivity contribution >= 4 is 54.5 Å². The maximum Gasteiger partial charge on any atom is 0.229 e. The van der Waals surface area contributed by atoms with Crippen LogP contribution in [0.3, 0.4) is 0 Å². The first-order valence-electron chi connectivity index (χ1n) is 9.36. The summed E-state index contributed by atoms with van der Waals surface area (Å²) in [5.41, 5.74) is 0.910. The highest BCUT2D eigenvalue weighted by atomic mass is 35.5. The first kappa shape index (κ1) is 21.0. The number of anilines is 1. The standard InChI is InChI=1S/C19H20ClN5O3S2/c1-12(2)28-9-4-8-21-17-16-15(7-10-29-16)25-18(22-17)19(23-24-25)30(26,27)14-6-3-5-13(20)11-14/h3,5-7,10-12H,4,8-9H2,1-2H3,(H,21,22). The molecule has 8 nitrogen and oxygen atoms in total. The molecule has 0 aliphatic heterocycles. The molecule has 30 heavy (non-hydrogen) atoms. The fourth-order valence-corrected chi connectivity index (χ4v) is 5.33. The van der Waals surface area contributed by atoms with E-state index in [1.807, 2.05) is 25.3 Å². The quantitative estimate of drug-likeness (QED) is 0.392. The highest BCUT2D eigenvalue weighted by Crippen LogP contribution is 2.31. The van der Waals surface area contributed by atoms with E-state index in [-0.39, 0.29) is 21.7 Å². The van der Waals surface area contributed by atoms with Crippen LogP contribution in [-0.4, -0.2) is 47.5 Å². The van der Waals surface area contributed by atoms with Crippen LogP contribution in [0.15, 0.2) is 45.6 Å². The van der Waals surface area contributed by atoms with Gasteiger partial charge in [-0.1, -0.05) is 22.9 Å². The number of hydrogen-bond acceptors (Lipinski definition) is 8. The van der Waals surface area contributed by atoms with Crippen molar-refractivity contribution in [3.05, 3.63) is 40.7 Å². The number of nitrogens with one attached hydrogen (secondary N) is 1. The first-order valence-corrected chi connectivity index (χ1v) is 12.1. The Labute approximate surface area is 182 Å². The summed E-state index contributed by atoms with van der Waals surface area (Å²) in [5, 5.41) is 13.3. The molecule has 0 spiro atoms. The molecule has 0 radical (unpaired) electrons. The molecular weight excluding hydrogens is 446 g/mol. The highest BCUT2D eigenvalue weighted by Gasteiger charge is 2.27. The van der Waals surface area contributed by atoms with Crippen LogP contribution >= 0.6 is 22.9 Å². The number of halogens is 1. The molecule has 0 amide bonds. The van der Waals surface area contributed by atoms with Crippen LogP contribution < -0.4 is 5.32 Å². The van der Waals surface area contributed by atoms with Gasteiger partial charge in [-0.2, -0.15) is 4.52 Å². The smallest absolute Gasteiger partial charge is 0.229 e. The minimum Gasteiger partial charge on any atom is -0.379 e. The van der Waals surface area contributed by atoms with Crippen molar-refractivity contribution < 1.29 is 13.2 Å². The van der Waals surface area contributed by atoms with Crippen LogP contribution in [-0.2, 0) is 14.6 Å². The molecule has 158 valence electrons. The van der Waals surface area contributed by atoms with Gasteiger partial charge in [0, 0.05) is 18.2 Å². The van der Waals surface area contributed by atoms with Crippen LogP contribution in [0.4, 0.5) is 5.82 Å². The number of sulfone groups is 1. The predicted molar refractivity (Wildman–Crippen MR) is 117 cm³/mol. The normalized spacial score (nSPS) is 12.3. The Morgan fingerprint density at radius 2 is 2.13 bits per heavy atom. The Morgan fingerprint density at radius 1 is 1.30 bits per heavy atom. The van der Waals surface area contributed by atoms with E-state index in [4.69, 9.17) is 16.3 Å². The fraction of sp³-hybridized carbons (Fsp3) is 0.316. The van der Waals surface area contributed by atoms with E-state index in [1.165, 1.54) is 28.0 Å². The van der Waals surface area contributed by atoms with Gasteiger partial charge < -0.3 is 10.1 Å². The third-order valence-electron chi connectivity index (χ3n) is 4.35. The number of fused-ring (bicyclic) bond motifs is 3. The topological polar surface area (TPSA) is 98.5 Å². The van der Waals surface area contributed by atoms with E-state index in [2.05, 4.69) is 20.6 Å². The Kier molecular flexibility index (Phi) is 5.92. The van der Waals surface area contributed by atoms with Gasteiger partial charge in [0.05, 0.1) is 21.2 Å². The van der Waals surface area contributed by atoms with Gasteiger partial charge in [-0.25, -0.2) is 13.4 Å². The summed E-state index contributed by atoms with van der Waals surface area (Å²) in [5.74, 6) is 0.599. The lowest BCUT2D eigenvalue weighted by molar-refractivity contribution is 0.0787. The summed E-state index contributed by atoms with van der Waals surface area (Å²) in [6, 6.07) is 7.93. The van der Waals surface area contributed by atoms with Crippen LogP contribution in [0.25, 0.3) is 15.9 Å². The van der Waals surface area contributed by atoms with Crippen LogP contribution in [0.1, 0.15) is 20.3 Å². The minimum absolute atomic E-state index is 0.0463. The van der Waals surface area contributed by atoms with Gasteiger partial charge in [-0.3, -0.25) is 0 Å². The number of thiophene rings is 1. The number of hydrogen-bond donors (Lipinski definition) is 1. The molecule has 0 unspecified atom stereocenters. The average molecular weight is 466 g/mol. The molecule has 3 heterocycles. The van der Waals surface area contributed by atoms with Crippen molar-refractivity contribution in [2.45, 2.75) is 36.3 Å². The number of rotatable bonds is 8. The highest BCUT2D eigenvalue weighted by molar-refractivity contribution is 7.91. The van der Waals surface area contributed by atoms with Crippen molar-refractivity contribution in [2.24, 2.45) is 0 Å². The zero-order valence-electron chi connectivity index (χ0n) is 16.4. The summed E-state index contributed by atoms with van der Waals surface area (Å²) in [7, 11) is -3.94. The first-order chi connectivity index (χ1) is 14.4. The zero-order valence-corrected chi connectivity index (χ0v) is 18.8. The predicted octanol–water partition coefficient (Wildman–Crippen LogP) is 4.05. The van der Waals surface area contributed by atoms with Crippen LogP contribution in [0.5, 0.6) is 0 Å². The van der Waals surface area contributed by atoms with E-state index in [9.17, 15) is 8.42 Å². The van der Waals surface area contributed by atoms with Gasteiger partial charge in [-0.05, 0) is 49.9 Å². The molecule has 4 aromatic rings. The zero-order chi connectivity index (χ0) is 21.3. The maximum atomic E-state index is 13.2. The van der Waals surface area contributed by atoms with Gasteiger partial charge in [0.15, 0.2) is 5.65 Å². The molecule has 0 aliphatic carbocycles. The summed E-state index contributed by atoms with van der Waals surface area (Å²) < 4.78 is 34.2. The van der Waals surface area contributed by atoms with Crippen LogP contribution in [0, 0.1) is 0 Å². The number of ether oxygens (including phenoxy) is 1. The molecule has 0 atom stereocenters. The van der Waals surface area contributed by atoms with Crippen LogP contribution in [0.2, 0.25) is 5.02 Å². The van der Waals surface area contributed by atoms with E-state index >= 15 is 0 Å². The van der Waals surface area contributed by atoms with Crippen molar-refractivity contribution in [3.63, 3.8) is 0 Å². The van der Waals surface area contributed by atoms with E-state index < -0.39 is 9.84 Å². The Morgan fingerprint density at radius 3 is 2.90 bits per heavy atom. The lowest BCUT2D eigenvalue weighted by Crippen LogP contribution is -2.11. The Hall–Kier alpha value is -2.27. The number of nitrogens with zero attached hydrogens (tertiary/aromatic N) is 4. The molecule has 0 saturated heterocycles. The molecule has 0 saturated carbocycles. The fourth-order valence-electron chi connectivity index (χ4n) is 2.96. The number of benzene rings is 1. The SMILES string of the molecule is CC(C)OCCCNc1nc2c(S(=O)(=O)c3cccc(Cl)c3)nnn2c2ccsc12. The lowest BCUT2D eigenvalue weighted by Gasteiger charge is -2.10. The van der Waals surface area contributed by atoms with Gasteiger partial charge in [0.2, 0.25) is 14.9 Å². The van der Waals surface area contributed by atoms with Crippen molar-refractivity contribution in [3.8, 4) is 0 Å². The molecule has 0 fully saturated rings. The molecule has 1 N–H and O–H groups in total. The second kappa shape index (κ2) is 8.46. The van der Waals surface area contributed by atoms with Gasteiger partial charge >= 0.3 is 0 Å². The van der Waals surface area contributed by atoms with Gasteiger partial charge in [-0.15, -0.1) is 16.4 Å². The lowest BCUT2D eigenvalue weighted by atomic mass is 10.4. The van der Waals surface area contributed by atoms with E-state index in [0.29, 0.717) is 24.0 Å². The summed E-state index contributed by atoms with van der Waals surface area (Å²) >= 11 is 7.48. The Bertz CT molecular complexity index is 1300. The average Bonchev–Trinajstić information content (AvgIpc) is 3.34. The Balaban J connectivity index is 1.73. The van der Waals surface area contributed by atoms with Crippen molar-refractivity contribution in [2.75, 3.05) is 18.5 Å². The molecule has 3 aromatic heterocycles. The minimum atomic E-state index is -3.94. The van der Waals surface area contributed by atoms with Crippen molar-refractivity contribution in [1.82, 2.24) is 19.8 Å². The third-order valence-corrected chi connectivity index (χ3v) is 7.14. The molecule has 11 heteroatoms. The summed E-state index contributed by atoms with van der Waals surface area (Å²) in [6.07, 6.45) is 0.976. The molecule has 1 aromatic carbocycles. The molecule has 0 bridgehead atoms.